The highest BCUT2D eigenvalue weighted by Crippen LogP contribution is 2.25. The van der Waals surface area contributed by atoms with E-state index in [9.17, 15) is 4.79 Å². The molecule has 0 radical (unpaired) electrons. The van der Waals surface area contributed by atoms with Gasteiger partial charge in [-0.1, -0.05) is 6.07 Å². The molecule has 1 amide bonds. The molecule has 0 atom stereocenters. The molecule has 0 bridgehead atoms. The third-order valence-electron chi connectivity index (χ3n) is 3.37. The largest absolute Gasteiger partial charge is 0.495 e. The SMILES string of the molecule is COc1cc(C)ccc1NC(=O)COC1CCNCC1. The Morgan fingerprint density at radius 2 is 2.15 bits per heavy atom. The molecule has 0 aromatic heterocycles. The topological polar surface area (TPSA) is 59.6 Å². The van der Waals surface area contributed by atoms with Gasteiger partial charge in [-0.25, -0.2) is 0 Å². The summed E-state index contributed by atoms with van der Waals surface area (Å²) in [6.07, 6.45) is 2.10. The molecule has 2 N–H and O–H groups in total. The maximum absolute atomic E-state index is 11.9. The number of piperidine rings is 1. The molecule has 0 spiro atoms. The number of carbonyl (C=O) groups excluding carboxylic acids is 1. The average molecular weight is 278 g/mol. The normalized spacial score (nSPS) is 15.9. The van der Waals surface area contributed by atoms with Crippen LogP contribution < -0.4 is 15.4 Å². The van der Waals surface area contributed by atoms with Crippen molar-refractivity contribution in [2.24, 2.45) is 0 Å². The van der Waals surface area contributed by atoms with Gasteiger partial charge in [-0.05, 0) is 50.6 Å². The number of benzene rings is 1. The molecule has 110 valence electrons. The molecule has 1 aliphatic heterocycles. The molecular weight excluding hydrogens is 256 g/mol. The standard InChI is InChI=1S/C15H22N2O3/c1-11-3-4-13(14(9-11)19-2)17-15(18)10-20-12-5-7-16-8-6-12/h3-4,9,12,16H,5-8,10H2,1-2H3,(H,17,18). The van der Waals surface area contributed by atoms with Crippen LogP contribution in [0.2, 0.25) is 0 Å². The van der Waals surface area contributed by atoms with Crippen LogP contribution in [0.1, 0.15) is 18.4 Å². The van der Waals surface area contributed by atoms with Gasteiger partial charge in [0.25, 0.3) is 0 Å². The Kier molecular flexibility index (Phi) is 5.38. The van der Waals surface area contributed by atoms with Crippen LogP contribution in [0.3, 0.4) is 0 Å². The molecule has 5 heteroatoms. The van der Waals surface area contributed by atoms with Gasteiger partial charge in [0.05, 0.1) is 18.9 Å². The Hall–Kier alpha value is -1.59. The van der Waals surface area contributed by atoms with Crippen molar-refractivity contribution in [3.05, 3.63) is 23.8 Å². The van der Waals surface area contributed by atoms with Crippen LogP contribution in [0.15, 0.2) is 18.2 Å². The molecule has 1 aromatic rings. The van der Waals surface area contributed by atoms with Gasteiger partial charge in [-0.3, -0.25) is 4.79 Å². The molecule has 5 nitrogen and oxygen atoms in total. The van der Waals surface area contributed by atoms with E-state index in [-0.39, 0.29) is 18.6 Å². The van der Waals surface area contributed by atoms with Crippen molar-refractivity contribution < 1.29 is 14.3 Å². The molecule has 0 saturated carbocycles. The van der Waals surface area contributed by atoms with Crippen molar-refractivity contribution in [3.63, 3.8) is 0 Å². The fraction of sp³-hybridized carbons (Fsp3) is 0.533. The summed E-state index contributed by atoms with van der Waals surface area (Å²) in [5, 5.41) is 6.09. The first-order valence-electron chi connectivity index (χ1n) is 6.96. The van der Waals surface area contributed by atoms with E-state index in [0.29, 0.717) is 11.4 Å². The van der Waals surface area contributed by atoms with E-state index in [2.05, 4.69) is 10.6 Å². The summed E-state index contributed by atoms with van der Waals surface area (Å²) < 4.78 is 10.9. The summed E-state index contributed by atoms with van der Waals surface area (Å²) in [4.78, 5) is 11.9. The molecule has 1 fully saturated rings. The second-order valence-corrected chi connectivity index (χ2v) is 5.01. The molecule has 1 aliphatic rings. The third-order valence-corrected chi connectivity index (χ3v) is 3.37. The number of rotatable bonds is 5. The maximum Gasteiger partial charge on any atom is 0.250 e. The number of methoxy groups -OCH3 is 1. The van der Waals surface area contributed by atoms with Gasteiger partial charge < -0.3 is 20.1 Å². The second kappa shape index (κ2) is 7.26. The van der Waals surface area contributed by atoms with E-state index in [1.807, 2.05) is 25.1 Å². The van der Waals surface area contributed by atoms with Gasteiger partial charge in [0, 0.05) is 0 Å². The summed E-state index contributed by atoms with van der Waals surface area (Å²) in [7, 11) is 1.59. The quantitative estimate of drug-likeness (QED) is 0.861. The summed E-state index contributed by atoms with van der Waals surface area (Å²) in [6.45, 7) is 3.98. The number of hydrogen-bond acceptors (Lipinski definition) is 4. The highest BCUT2D eigenvalue weighted by Gasteiger charge is 2.15. The summed E-state index contributed by atoms with van der Waals surface area (Å²) in [5.41, 5.74) is 1.77. The smallest absolute Gasteiger partial charge is 0.250 e. The van der Waals surface area contributed by atoms with E-state index in [0.717, 1.165) is 31.5 Å². The lowest BCUT2D eigenvalue weighted by Gasteiger charge is -2.22. The van der Waals surface area contributed by atoms with Gasteiger partial charge in [-0.15, -0.1) is 0 Å². The minimum absolute atomic E-state index is 0.0850. The van der Waals surface area contributed by atoms with E-state index in [4.69, 9.17) is 9.47 Å². The lowest BCUT2D eigenvalue weighted by Crippen LogP contribution is -2.34. The van der Waals surface area contributed by atoms with Gasteiger partial charge in [-0.2, -0.15) is 0 Å². The first-order valence-corrected chi connectivity index (χ1v) is 6.96. The molecule has 1 aromatic carbocycles. The van der Waals surface area contributed by atoms with Crippen molar-refractivity contribution in [3.8, 4) is 5.75 Å². The monoisotopic (exact) mass is 278 g/mol. The number of anilines is 1. The highest BCUT2D eigenvalue weighted by molar-refractivity contribution is 5.93. The zero-order chi connectivity index (χ0) is 14.4. The predicted octanol–water partition coefficient (Wildman–Crippen LogP) is 1.71. The first-order chi connectivity index (χ1) is 9.69. The van der Waals surface area contributed by atoms with E-state index < -0.39 is 0 Å². The van der Waals surface area contributed by atoms with Crippen molar-refractivity contribution >= 4 is 11.6 Å². The Bertz CT molecular complexity index is 456. The van der Waals surface area contributed by atoms with Crippen LogP contribution in [0.5, 0.6) is 5.75 Å². The molecular formula is C15H22N2O3. The third kappa shape index (κ3) is 4.21. The predicted molar refractivity (Wildman–Crippen MR) is 78.2 cm³/mol. The number of aryl methyl sites for hydroxylation is 1. The highest BCUT2D eigenvalue weighted by atomic mass is 16.5. The van der Waals surface area contributed by atoms with Crippen molar-refractivity contribution in [2.45, 2.75) is 25.9 Å². The number of ether oxygens (including phenoxy) is 2. The zero-order valence-corrected chi connectivity index (χ0v) is 12.1. The van der Waals surface area contributed by atoms with Crippen LogP contribution in [0.25, 0.3) is 0 Å². The van der Waals surface area contributed by atoms with Crippen LogP contribution in [0, 0.1) is 6.92 Å². The van der Waals surface area contributed by atoms with Crippen molar-refractivity contribution in [1.29, 1.82) is 0 Å². The number of hydrogen-bond donors (Lipinski definition) is 2. The molecule has 20 heavy (non-hydrogen) atoms. The fourth-order valence-corrected chi connectivity index (χ4v) is 2.24. The Balaban J connectivity index is 1.84. The Morgan fingerprint density at radius 3 is 2.85 bits per heavy atom. The van der Waals surface area contributed by atoms with Gasteiger partial charge >= 0.3 is 0 Å². The molecule has 0 unspecified atom stereocenters. The number of amides is 1. The van der Waals surface area contributed by atoms with E-state index in [1.165, 1.54) is 0 Å². The van der Waals surface area contributed by atoms with Gasteiger partial charge in [0.15, 0.2) is 0 Å². The fourth-order valence-electron chi connectivity index (χ4n) is 2.24. The van der Waals surface area contributed by atoms with Gasteiger partial charge in [0.2, 0.25) is 5.91 Å². The summed E-state index contributed by atoms with van der Waals surface area (Å²) >= 11 is 0. The number of nitrogens with one attached hydrogen (secondary N) is 2. The second-order valence-electron chi connectivity index (χ2n) is 5.01. The average Bonchev–Trinajstić information content (AvgIpc) is 2.48. The van der Waals surface area contributed by atoms with Crippen LogP contribution in [-0.4, -0.2) is 38.8 Å². The van der Waals surface area contributed by atoms with Crippen LogP contribution in [-0.2, 0) is 9.53 Å². The van der Waals surface area contributed by atoms with Crippen LogP contribution >= 0.6 is 0 Å². The van der Waals surface area contributed by atoms with Gasteiger partial charge in [0.1, 0.15) is 12.4 Å². The first kappa shape index (κ1) is 14.8. The van der Waals surface area contributed by atoms with Crippen LogP contribution in [0.4, 0.5) is 5.69 Å². The molecule has 1 heterocycles. The molecule has 2 rings (SSSR count). The Labute approximate surface area is 119 Å². The summed E-state index contributed by atoms with van der Waals surface area (Å²) in [5.74, 6) is 0.519. The summed E-state index contributed by atoms with van der Waals surface area (Å²) in [6, 6.07) is 5.67. The minimum Gasteiger partial charge on any atom is -0.495 e. The van der Waals surface area contributed by atoms with E-state index >= 15 is 0 Å². The van der Waals surface area contributed by atoms with Crippen molar-refractivity contribution in [1.82, 2.24) is 5.32 Å². The zero-order valence-electron chi connectivity index (χ0n) is 12.1. The number of carbonyl (C=O) groups is 1. The Morgan fingerprint density at radius 1 is 1.40 bits per heavy atom. The van der Waals surface area contributed by atoms with E-state index in [1.54, 1.807) is 7.11 Å². The maximum atomic E-state index is 11.9. The minimum atomic E-state index is -0.148. The van der Waals surface area contributed by atoms with Crippen molar-refractivity contribution in [2.75, 3.05) is 32.1 Å². The lowest BCUT2D eigenvalue weighted by atomic mass is 10.1. The molecule has 1 saturated heterocycles. The lowest BCUT2D eigenvalue weighted by molar-refractivity contribution is -0.123. The molecule has 0 aliphatic carbocycles.